The molecular formula is C22H26N2O3. The van der Waals surface area contributed by atoms with Gasteiger partial charge in [-0.3, -0.25) is 4.79 Å². The van der Waals surface area contributed by atoms with Crippen molar-refractivity contribution < 1.29 is 14.3 Å². The van der Waals surface area contributed by atoms with E-state index in [9.17, 15) is 4.79 Å². The molecule has 0 spiro atoms. The molecule has 1 saturated heterocycles. The molecule has 0 aromatic heterocycles. The zero-order chi connectivity index (χ0) is 18.6. The number of fused-ring (bicyclic) bond motifs is 1. The van der Waals surface area contributed by atoms with E-state index in [1.54, 1.807) is 7.11 Å². The highest BCUT2D eigenvalue weighted by molar-refractivity contribution is 5.99. The molecule has 5 heteroatoms. The van der Waals surface area contributed by atoms with Gasteiger partial charge in [0.2, 0.25) is 0 Å². The van der Waals surface area contributed by atoms with E-state index in [1.165, 1.54) is 12.8 Å². The fourth-order valence-corrected chi connectivity index (χ4v) is 3.98. The molecule has 5 nitrogen and oxygen atoms in total. The van der Waals surface area contributed by atoms with Gasteiger partial charge in [0.25, 0.3) is 5.91 Å². The lowest BCUT2D eigenvalue weighted by molar-refractivity contribution is 0.0939. The molecule has 4 rings (SSSR count). The lowest BCUT2D eigenvalue weighted by Gasteiger charge is -2.27. The van der Waals surface area contributed by atoms with Crippen LogP contribution in [0.15, 0.2) is 42.5 Å². The van der Waals surface area contributed by atoms with E-state index in [2.05, 4.69) is 16.3 Å². The molecule has 0 aliphatic carbocycles. The predicted molar refractivity (Wildman–Crippen MR) is 106 cm³/mol. The summed E-state index contributed by atoms with van der Waals surface area (Å²) in [7, 11) is 1.66. The normalized spacial score (nSPS) is 18.6. The Morgan fingerprint density at radius 2 is 2.00 bits per heavy atom. The van der Waals surface area contributed by atoms with Crippen molar-refractivity contribution >= 4 is 11.6 Å². The summed E-state index contributed by atoms with van der Waals surface area (Å²) in [4.78, 5) is 15.1. The fraction of sp³-hybridized carbons (Fsp3) is 0.409. The molecule has 2 heterocycles. The summed E-state index contributed by atoms with van der Waals surface area (Å²) < 4.78 is 11.3. The molecule has 2 aliphatic heterocycles. The van der Waals surface area contributed by atoms with Gasteiger partial charge in [0.05, 0.1) is 19.3 Å². The number of benzene rings is 2. The Bertz CT molecular complexity index is 815. The topological polar surface area (TPSA) is 50.8 Å². The fourth-order valence-electron chi connectivity index (χ4n) is 3.98. The van der Waals surface area contributed by atoms with Crippen molar-refractivity contribution in [2.24, 2.45) is 5.92 Å². The van der Waals surface area contributed by atoms with E-state index in [0.29, 0.717) is 13.2 Å². The highest BCUT2D eigenvalue weighted by Crippen LogP contribution is 2.35. The Kier molecular flexibility index (Phi) is 5.19. The minimum Gasteiger partial charge on any atom is -0.493 e. The molecule has 0 radical (unpaired) electrons. The molecular weight excluding hydrogens is 340 g/mol. The Morgan fingerprint density at radius 3 is 2.81 bits per heavy atom. The number of para-hydroxylation sites is 2. The van der Waals surface area contributed by atoms with Crippen LogP contribution >= 0.6 is 0 Å². The van der Waals surface area contributed by atoms with Gasteiger partial charge in [-0.15, -0.1) is 0 Å². The third-order valence-electron chi connectivity index (χ3n) is 5.40. The van der Waals surface area contributed by atoms with Crippen LogP contribution in [0.4, 0.5) is 5.69 Å². The summed E-state index contributed by atoms with van der Waals surface area (Å²) in [5, 5.41) is 3.12. The van der Waals surface area contributed by atoms with Gasteiger partial charge in [-0.2, -0.15) is 0 Å². The van der Waals surface area contributed by atoms with Crippen molar-refractivity contribution in [2.45, 2.75) is 19.3 Å². The Labute approximate surface area is 160 Å². The Morgan fingerprint density at radius 1 is 1.19 bits per heavy atom. The number of nitrogens with one attached hydrogen (secondary N) is 1. The predicted octanol–water partition coefficient (Wildman–Crippen LogP) is 3.28. The van der Waals surface area contributed by atoms with Crippen LogP contribution in [0.3, 0.4) is 0 Å². The van der Waals surface area contributed by atoms with Crippen LogP contribution in [0.5, 0.6) is 11.5 Å². The van der Waals surface area contributed by atoms with E-state index in [-0.39, 0.29) is 11.8 Å². The van der Waals surface area contributed by atoms with Crippen LogP contribution in [0.1, 0.15) is 28.8 Å². The van der Waals surface area contributed by atoms with Gasteiger partial charge in [0.15, 0.2) is 11.5 Å². The van der Waals surface area contributed by atoms with Gasteiger partial charge < -0.3 is 19.7 Å². The zero-order valence-electron chi connectivity index (χ0n) is 15.7. The van der Waals surface area contributed by atoms with Gasteiger partial charge >= 0.3 is 0 Å². The number of nitrogens with zero attached hydrogens (tertiary/aromatic N) is 1. The number of hydrogen-bond acceptors (Lipinski definition) is 4. The maximum atomic E-state index is 12.8. The van der Waals surface area contributed by atoms with Crippen molar-refractivity contribution in [3.8, 4) is 11.5 Å². The molecule has 0 unspecified atom stereocenters. The number of ether oxygens (including phenoxy) is 2. The monoisotopic (exact) mass is 366 g/mol. The van der Waals surface area contributed by atoms with Gasteiger partial charge in [-0.05, 0) is 43.0 Å². The second kappa shape index (κ2) is 7.91. The zero-order valence-corrected chi connectivity index (χ0v) is 15.7. The summed E-state index contributed by atoms with van der Waals surface area (Å²) in [6.45, 7) is 3.24. The number of carbonyl (C=O) groups is 1. The maximum absolute atomic E-state index is 12.8. The van der Waals surface area contributed by atoms with Gasteiger partial charge in [0.1, 0.15) is 0 Å². The standard InChI is InChI=1S/C22H26N2O3/c1-26-20-10-6-7-17-13-16(15-27-21(17)20)14-23-22(25)18-8-2-3-9-19(18)24-11-4-5-12-24/h2-3,6-10,16H,4-5,11-15H2,1H3,(H,23,25)/t16-/m0/s1. The number of anilines is 1. The van der Waals surface area contributed by atoms with Crippen molar-refractivity contribution in [3.63, 3.8) is 0 Å². The van der Waals surface area contributed by atoms with Crippen molar-refractivity contribution in [1.29, 1.82) is 0 Å². The number of rotatable bonds is 5. The van der Waals surface area contributed by atoms with Crippen LogP contribution in [-0.2, 0) is 6.42 Å². The number of carbonyl (C=O) groups excluding carboxylic acids is 1. The maximum Gasteiger partial charge on any atom is 0.253 e. The summed E-state index contributed by atoms with van der Waals surface area (Å²) >= 11 is 0. The smallest absolute Gasteiger partial charge is 0.253 e. The molecule has 0 saturated carbocycles. The Hall–Kier alpha value is -2.69. The van der Waals surface area contributed by atoms with Crippen molar-refractivity contribution in [2.75, 3.05) is 38.3 Å². The summed E-state index contributed by atoms with van der Waals surface area (Å²) in [6.07, 6.45) is 3.26. The van der Waals surface area contributed by atoms with E-state index in [0.717, 1.165) is 47.8 Å². The summed E-state index contributed by atoms with van der Waals surface area (Å²) in [6, 6.07) is 13.9. The Balaban J connectivity index is 1.40. The van der Waals surface area contributed by atoms with Gasteiger partial charge in [-0.25, -0.2) is 0 Å². The molecule has 1 N–H and O–H groups in total. The van der Waals surface area contributed by atoms with Crippen molar-refractivity contribution in [3.05, 3.63) is 53.6 Å². The lowest BCUT2D eigenvalue weighted by Crippen LogP contribution is -2.35. The first-order chi connectivity index (χ1) is 13.3. The lowest BCUT2D eigenvalue weighted by atomic mass is 9.96. The van der Waals surface area contributed by atoms with Gasteiger partial charge in [-0.1, -0.05) is 24.3 Å². The van der Waals surface area contributed by atoms with Crippen LogP contribution in [0, 0.1) is 5.92 Å². The molecule has 2 aromatic rings. The average Bonchev–Trinajstić information content (AvgIpc) is 3.26. The molecule has 1 atom stereocenters. The highest BCUT2D eigenvalue weighted by Gasteiger charge is 2.24. The highest BCUT2D eigenvalue weighted by atomic mass is 16.5. The van der Waals surface area contributed by atoms with E-state index < -0.39 is 0 Å². The molecule has 142 valence electrons. The number of hydrogen-bond donors (Lipinski definition) is 1. The minimum absolute atomic E-state index is 0.00561. The molecule has 2 aliphatic rings. The first-order valence-electron chi connectivity index (χ1n) is 9.67. The second-order valence-corrected chi connectivity index (χ2v) is 7.25. The van der Waals surface area contributed by atoms with E-state index >= 15 is 0 Å². The van der Waals surface area contributed by atoms with Crippen LogP contribution in [0.25, 0.3) is 0 Å². The largest absolute Gasteiger partial charge is 0.493 e. The van der Waals surface area contributed by atoms with E-state index in [1.807, 2.05) is 36.4 Å². The van der Waals surface area contributed by atoms with Gasteiger partial charge in [0, 0.05) is 31.2 Å². The first kappa shape index (κ1) is 17.7. The molecule has 0 bridgehead atoms. The third kappa shape index (κ3) is 3.72. The third-order valence-corrected chi connectivity index (χ3v) is 5.40. The molecule has 2 aromatic carbocycles. The van der Waals surface area contributed by atoms with Crippen molar-refractivity contribution in [1.82, 2.24) is 5.32 Å². The average molecular weight is 366 g/mol. The number of amides is 1. The molecule has 1 amide bonds. The number of methoxy groups -OCH3 is 1. The minimum atomic E-state index is -0.00561. The SMILES string of the molecule is COc1cccc2c1OC[C@H](CNC(=O)c1ccccc1N1CCCC1)C2. The first-order valence-corrected chi connectivity index (χ1v) is 9.67. The molecule has 27 heavy (non-hydrogen) atoms. The van der Waals surface area contributed by atoms with E-state index in [4.69, 9.17) is 9.47 Å². The van der Waals surface area contributed by atoms with Crippen LogP contribution in [-0.4, -0.2) is 39.3 Å². The van der Waals surface area contributed by atoms with Crippen LogP contribution in [0.2, 0.25) is 0 Å². The second-order valence-electron chi connectivity index (χ2n) is 7.25. The molecule has 1 fully saturated rings. The summed E-state index contributed by atoms with van der Waals surface area (Å²) in [5.74, 6) is 1.86. The summed E-state index contributed by atoms with van der Waals surface area (Å²) in [5.41, 5.74) is 2.94. The quantitative estimate of drug-likeness (QED) is 0.882. The van der Waals surface area contributed by atoms with Crippen LogP contribution < -0.4 is 19.7 Å².